The van der Waals surface area contributed by atoms with Crippen molar-refractivity contribution in [1.29, 1.82) is 0 Å². The van der Waals surface area contributed by atoms with Gasteiger partial charge in [0.2, 0.25) is 0 Å². The van der Waals surface area contributed by atoms with Gasteiger partial charge in [0.1, 0.15) is 0 Å². The summed E-state index contributed by atoms with van der Waals surface area (Å²) in [5.74, 6) is 0.526. The van der Waals surface area contributed by atoms with Gasteiger partial charge in [-0.25, -0.2) is 0 Å². The number of rotatable bonds is 2. The van der Waals surface area contributed by atoms with Gasteiger partial charge in [-0.15, -0.1) is 0 Å². The van der Waals surface area contributed by atoms with Gasteiger partial charge >= 0.3 is 0 Å². The molecule has 3 heterocycles. The monoisotopic (exact) mass is 325 g/mol. The van der Waals surface area contributed by atoms with Crippen LogP contribution in [-0.2, 0) is 0 Å². The number of carbonyl (C=O) groups is 1. The number of hydrogen-bond acceptors (Lipinski definition) is 5. The number of H-pyrrole nitrogens is 1. The van der Waals surface area contributed by atoms with Crippen LogP contribution in [-0.4, -0.2) is 64.3 Å². The summed E-state index contributed by atoms with van der Waals surface area (Å²) < 4.78 is 5.40. The third-order valence-electron chi connectivity index (χ3n) is 4.46. The van der Waals surface area contributed by atoms with Crippen molar-refractivity contribution in [3.05, 3.63) is 36.2 Å². The zero-order valence-electron chi connectivity index (χ0n) is 13.5. The molecule has 2 aromatic heterocycles. The van der Waals surface area contributed by atoms with Crippen LogP contribution in [0.5, 0.6) is 0 Å². The summed E-state index contributed by atoms with van der Waals surface area (Å²) in [5.41, 5.74) is 2.20. The zero-order chi connectivity index (χ0) is 16.5. The SMILES string of the molecule is CN1CCCN(C(=O)c2cc(-c3ccc4[nH]ncc4c3)on2)CC1. The molecule has 7 heteroatoms. The largest absolute Gasteiger partial charge is 0.355 e. The van der Waals surface area contributed by atoms with Crippen molar-refractivity contribution >= 4 is 16.8 Å². The van der Waals surface area contributed by atoms with Crippen molar-refractivity contribution in [2.75, 3.05) is 33.2 Å². The fraction of sp³-hybridized carbons (Fsp3) is 0.353. The molecule has 0 unspecified atom stereocenters. The molecule has 0 aliphatic carbocycles. The lowest BCUT2D eigenvalue weighted by atomic mass is 10.1. The van der Waals surface area contributed by atoms with Crippen LogP contribution in [0.1, 0.15) is 16.9 Å². The van der Waals surface area contributed by atoms with Crippen LogP contribution in [0.25, 0.3) is 22.2 Å². The lowest BCUT2D eigenvalue weighted by Crippen LogP contribution is -2.34. The fourth-order valence-electron chi connectivity index (χ4n) is 3.02. The Labute approximate surface area is 139 Å². The molecule has 0 radical (unpaired) electrons. The highest BCUT2D eigenvalue weighted by atomic mass is 16.5. The molecule has 0 bridgehead atoms. The lowest BCUT2D eigenvalue weighted by Gasteiger charge is -2.18. The number of benzene rings is 1. The molecule has 3 aromatic rings. The Morgan fingerprint density at radius 2 is 2.12 bits per heavy atom. The normalized spacial score (nSPS) is 16.5. The molecule has 124 valence electrons. The van der Waals surface area contributed by atoms with Gasteiger partial charge in [-0.3, -0.25) is 9.89 Å². The van der Waals surface area contributed by atoms with E-state index in [9.17, 15) is 4.79 Å². The number of carbonyl (C=O) groups excluding carboxylic acids is 1. The highest BCUT2D eigenvalue weighted by Crippen LogP contribution is 2.24. The first-order chi connectivity index (χ1) is 11.7. The molecule has 1 N–H and O–H groups in total. The number of likely N-dealkylation sites (N-methyl/N-ethyl adjacent to an activating group) is 1. The minimum Gasteiger partial charge on any atom is -0.355 e. The predicted octanol–water partition coefficient (Wildman–Crippen LogP) is 2.00. The highest BCUT2D eigenvalue weighted by molar-refractivity contribution is 5.93. The minimum atomic E-state index is -0.0651. The summed E-state index contributed by atoms with van der Waals surface area (Å²) in [6.07, 6.45) is 2.74. The first-order valence-corrected chi connectivity index (χ1v) is 8.09. The van der Waals surface area contributed by atoms with Gasteiger partial charge in [0, 0.05) is 36.7 Å². The predicted molar refractivity (Wildman–Crippen MR) is 89.6 cm³/mol. The van der Waals surface area contributed by atoms with E-state index in [1.165, 1.54) is 0 Å². The first kappa shape index (κ1) is 14.9. The summed E-state index contributed by atoms with van der Waals surface area (Å²) in [6, 6.07) is 7.55. The number of amides is 1. The van der Waals surface area contributed by atoms with E-state index in [0.717, 1.165) is 49.1 Å². The Morgan fingerprint density at radius 1 is 1.21 bits per heavy atom. The summed E-state index contributed by atoms with van der Waals surface area (Å²) >= 11 is 0. The van der Waals surface area contributed by atoms with Gasteiger partial charge < -0.3 is 14.3 Å². The van der Waals surface area contributed by atoms with E-state index in [-0.39, 0.29) is 5.91 Å². The van der Waals surface area contributed by atoms with Crippen molar-refractivity contribution < 1.29 is 9.32 Å². The van der Waals surface area contributed by atoms with Crippen molar-refractivity contribution in [3.63, 3.8) is 0 Å². The number of fused-ring (bicyclic) bond motifs is 1. The Bertz CT molecular complexity index is 869. The van der Waals surface area contributed by atoms with E-state index in [0.29, 0.717) is 11.5 Å². The molecule has 1 amide bonds. The van der Waals surface area contributed by atoms with E-state index >= 15 is 0 Å². The van der Waals surface area contributed by atoms with Gasteiger partial charge in [-0.1, -0.05) is 5.16 Å². The Balaban J connectivity index is 1.56. The summed E-state index contributed by atoms with van der Waals surface area (Å²) in [4.78, 5) is 16.7. The van der Waals surface area contributed by atoms with E-state index < -0.39 is 0 Å². The van der Waals surface area contributed by atoms with Crippen LogP contribution in [0.2, 0.25) is 0 Å². The number of nitrogens with zero attached hydrogens (tertiary/aromatic N) is 4. The first-order valence-electron chi connectivity index (χ1n) is 8.09. The molecule has 1 fully saturated rings. The van der Waals surface area contributed by atoms with Crippen LogP contribution < -0.4 is 0 Å². The summed E-state index contributed by atoms with van der Waals surface area (Å²) in [7, 11) is 2.08. The molecular weight excluding hydrogens is 306 g/mol. The maximum atomic E-state index is 12.6. The lowest BCUT2D eigenvalue weighted by molar-refractivity contribution is 0.0752. The van der Waals surface area contributed by atoms with Crippen molar-refractivity contribution in [2.24, 2.45) is 0 Å². The van der Waals surface area contributed by atoms with Crippen molar-refractivity contribution in [2.45, 2.75) is 6.42 Å². The quantitative estimate of drug-likeness (QED) is 0.779. The highest BCUT2D eigenvalue weighted by Gasteiger charge is 2.22. The molecule has 7 nitrogen and oxygen atoms in total. The average Bonchev–Trinajstić information content (AvgIpc) is 3.20. The molecule has 1 aromatic carbocycles. The molecule has 0 atom stereocenters. The minimum absolute atomic E-state index is 0.0651. The zero-order valence-corrected chi connectivity index (χ0v) is 13.5. The van der Waals surface area contributed by atoms with E-state index in [4.69, 9.17) is 4.52 Å². The molecule has 1 saturated heterocycles. The molecule has 1 aliphatic heterocycles. The van der Waals surface area contributed by atoms with Gasteiger partial charge in [0.05, 0.1) is 11.7 Å². The Morgan fingerprint density at radius 3 is 3.04 bits per heavy atom. The average molecular weight is 325 g/mol. The van der Waals surface area contributed by atoms with Gasteiger partial charge in [0.25, 0.3) is 5.91 Å². The van der Waals surface area contributed by atoms with Crippen LogP contribution in [0, 0.1) is 0 Å². The second-order valence-electron chi connectivity index (χ2n) is 6.20. The van der Waals surface area contributed by atoms with Crippen LogP contribution in [0.4, 0.5) is 0 Å². The topological polar surface area (TPSA) is 78.3 Å². The standard InChI is InChI=1S/C17H19N5O2/c1-21-5-2-6-22(8-7-21)17(23)15-10-16(24-20-15)12-3-4-14-13(9-12)11-18-19-14/h3-4,9-11H,2,5-8H2,1H3,(H,18,19). The molecular formula is C17H19N5O2. The van der Waals surface area contributed by atoms with E-state index in [1.54, 1.807) is 12.3 Å². The Kier molecular flexibility index (Phi) is 3.78. The van der Waals surface area contributed by atoms with Crippen LogP contribution in [0.15, 0.2) is 35.0 Å². The molecule has 4 rings (SSSR count). The second kappa shape index (κ2) is 6.09. The Hall–Kier alpha value is -2.67. The maximum absolute atomic E-state index is 12.6. The fourth-order valence-corrected chi connectivity index (χ4v) is 3.02. The molecule has 0 saturated carbocycles. The van der Waals surface area contributed by atoms with Gasteiger partial charge in [-0.2, -0.15) is 5.10 Å². The number of aromatic amines is 1. The maximum Gasteiger partial charge on any atom is 0.276 e. The van der Waals surface area contributed by atoms with E-state index in [2.05, 4.69) is 27.3 Å². The molecule has 1 aliphatic rings. The second-order valence-corrected chi connectivity index (χ2v) is 6.20. The summed E-state index contributed by atoms with van der Waals surface area (Å²) in [6.45, 7) is 3.37. The van der Waals surface area contributed by atoms with Gasteiger partial charge in [0.15, 0.2) is 11.5 Å². The van der Waals surface area contributed by atoms with Crippen molar-refractivity contribution in [1.82, 2.24) is 25.2 Å². The third-order valence-corrected chi connectivity index (χ3v) is 4.46. The van der Waals surface area contributed by atoms with E-state index in [1.807, 2.05) is 23.1 Å². The molecule has 0 spiro atoms. The number of aromatic nitrogens is 3. The smallest absolute Gasteiger partial charge is 0.276 e. The summed E-state index contributed by atoms with van der Waals surface area (Å²) in [5, 5.41) is 11.9. The van der Waals surface area contributed by atoms with Crippen LogP contribution in [0.3, 0.4) is 0 Å². The third kappa shape index (κ3) is 2.78. The van der Waals surface area contributed by atoms with Crippen LogP contribution >= 0.6 is 0 Å². The van der Waals surface area contributed by atoms with Crippen molar-refractivity contribution in [3.8, 4) is 11.3 Å². The number of hydrogen-bond donors (Lipinski definition) is 1. The molecule has 24 heavy (non-hydrogen) atoms. The number of nitrogens with one attached hydrogen (secondary N) is 1. The van der Waals surface area contributed by atoms with Gasteiger partial charge in [-0.05, 0) is 38.2 Å².